The van der Waals surface area contributed by atoms with Gasteiger partial charge in [0.15, 0.2) is 5.82 Å². The molecule has 2 bridgehead atoms. The van der Waals surface area contributed by atoms with Crippen molar-refractivity contribution in [3.8, 4) is 0 Å². The summed E-state index contributed by atoms with van der Waals surface area (Å²) in [4.78, 5) is 16.1. The summed E-state index contributed by atoms with van der Waals surface area (Å²) in [6.07, 6.45) is 6.81. The first-order valence-electron chi connectivity index (χ1n) is 7.07. The number of pyridine rings is 1. The molecule has 20 heavy (non-hydrogen) atoms. The molecular weight excluding hydrogens is 276 g/mol. The van der Waals surface area contributed by atoms with Gasteiger partial charge in [0.2, 0.25) is 0 Å². The maximum atomic E-state index is 12.1. The standard InChI is InChI=1S/C14H19ClN4O/c15-12-5-11(7-17-13(12)19-16)14(20)18-6-10-4-8-1-2-9(10)3-8/h5,7-10H,1-4,6,16H2,(H,17,19)(H,18,20). The van der Waals surface area contributed by atoms with Crippen LogP contribution in [0.15, 0.2) is 12.3 Å². The fourth-order valence-electron chi connectivity index (χ4n) is 3.62. The maximum absolute atomic E-state index is 12.1. The van der Waals surface area contributed by atoms with Crippen molar-refractivity contribution in [3.63, 3.8) is 0 Å². The molecule has 2 fully saturated rings. The molecule has 1 heterocycles. The Labute approximate surface area is 123 Å². The number of nitrogens with two attached hydrogens (primary N) is 1. The second-order valence-corrected chi connectivity index (χ2v) is 6.25. The van der Waals surface area contributed by atoms with E-state index in [1.807, 2.05) is 0 Å². The third kappa shape index (κ3) is 2.60. The molecule has 2 aliphatic rings. The van der Waals surface area contributed by atoms with Gasteiger partial charge in [0, 0.05) is 12.7 Å². The van der Waals surface area contributed by atoms with Crippen molar-refractivity contribution in [2.24, 2.45) is 23.6 Å². The van der Waals surface area contributed by atoms with Gasteiger partial charge in [-0.1, -0.05) is 18.0 Å². The largest absolute Gasteiger partial charge is 0.352 e. The quantitative estimate of drug-likeness (QED) is 0.587. The Bertz CT molecular complexity index is 522. The first-order valence-corrected chi connectivity index (χ1v) is 7.45. The second kappa shape index (κ2) is 5.58. The predicted molar refractivity (Wildman–Crippen MR) is 78.3 cm³/mol. The van der Waals surface area contributed by atoms with Crippen LogP contribution >= 0.6 is 11.6 Å². The first kappa shape index (κ1) is 13.6. The topological polar surface area (TPSA) is 80.0 Å². The summed E-state index contributed by atoms with van der Waals surface area (Å²) in [5, 5.41) is 3.35. The molecular formula is C14H19ClN4O. The Kier molecular flexibility index (Phi) is 3.81. The molecule has 1 amide bonds. The van der Waals surface area contributed by atoms with Gasteiger partial charge in [-0.15, -0.1) is 0 Å². The average Bonchev–Trinajstić information content (AvgIpc) is 3.07. The molecule has 0 aromatic carbocycles. The lowest BCUT2D eigenvalue weighted by molar-refractivity contribution is 0.0941. The normalized spacial score (nSPS) is 27.6. The van der Waals surface area contributed by atoms with E-state index in [-0.39, 0.29) is 5.91 Å². The summed E-state index contributed by atoms with van der Waals surface area (Å²) in [6.45, 7) is 0.758. The number of carbonyl (C=O) groups excluding carboxylic acids is 1. The van der Waals surface area contributed by atoms with Crippen molar-refractivity contribution in [1.82, 2.24) is 10.3 Å². The average molecular weight is 295 g/mol. The number of anilines is 1. The molecule has 1 aromatic heterocycles. The van der Waals surface area contributed by atoms with Gasteiger partial charge in [-0.2, -0.15) is 0 Å². The van der Waals surface area contributed by atoms with Crippen LogP contribution in [0.2, 0.25) is 5.02 Å². The van der Waals surface area contributed by atoms with Crippen LogP contribution in [0.4, 0.5) is 5.82 Å². The summed E-state index contributed by atoms with van der Waals surface area (Å²) in [6, 6.07) is 1.58. The summed E-state index contributed by atoms with van der Waals surface area (Å²) in [7, 11) is 0. The molecule has 3 rings (SSSR count). The number of nitrogen functional groups attached to an aromatic ring is 1. The van der Waals surface area contributed by atoms with Gasteiger partial charge < -0.3 is 10.7 Å². The van der Waals surface area contributed by atoms with Crippen LogP contribution < -0.4 is 16.6 Å². The van der Waals surface area contributed by atoms with Crippen LogP contribution in [-0.4, -0.2) is 17.4 Å². The molecule has 0 spiro atoms. The van der Waals surface area contributed by atoms with Crippen molar-refractivity contribution < 1.29 is 4.79 Å². The minimum absolute atomic E-state index is 0.120. The first-order chi connectivity index (χ1) is 9.67. The van der Waals surface area contributed by atoms with Crippen LogP contribution in [0.3, 0.4) is 0 Å². The van der Waals surface area contributed by atoms with Crippen molar-refractivity contribution in [2.45, 2.75) is 25.7 Å². The van der Waals surface area contributed by atoms with Crippen LogP contribution in [0.25, 0.3) is 0 Å². The van der Waals surface area contributed by atoms with E-state index in [9.17, 15) is 4.79 Å². The van der Waals surface area contributed by atoms with Gasteiger partial charge in [0.05, 0.1) is 10.6 Å². The zero-order valence-electron chi connectivity index (χ0n) is 11.2. The lowest BCUT2D eigenvalue weighted by atomic mass is 9.89. The zero-order valence-corrected chi connectivity index (χ0v) is 12.0. The van der Waals surface area contributed by atoms with Crippen molar-refractivity contribution in [1.29, 1.82) is 0 Å². The van der Waals surface area contributed by atoms with Gasteiger partial charge in [-0.3, -0.25) is 4.79 Å². The van der Waals surface area contributed by atoms with Crippen LogP contribution in [-0.2, 0) is 0 Å². The number of aromatic nitrogens is 1. The van der Waals surface area contributed by atoms with Crippen LogP contribution in [0.1, 0.15) is 36.0 Å². The number of hydrogen-bond acceptors (Lipinski definition) is 4. The highest BCUT2D eigenvalue weighted by Crippen LogP contribution is 2.47. The maximum Gasteiger partial charge on any atom is 0.252 e. The molecule has 1 aromatic rings. The Morgan fingerprint density at radius 2 is 2.30 bits per heavy atom. The number of nitrogens with zero attached hydrogens (tertiary/aromatic N) is 1. The molecule has 108 valence electrons. The van der Waals surface area contributed by atoms with E-state index in [1.54, 1.807) is 6.07 Å². The molecule has 3 atom stereocenters. The highest BCUT2D eigenvalue weighted by atomic mass is 35.5. The van der Waals surface area contributed by atoms with Crippen LogP contribution in [0.5, 0.6) is 0 Å². The lowest BCUT2D eigenvalue weighted by Crippen LogP contribution is -2.31. The van der Waals surface area contributed by atoms with E-state index in [0.29, 0.717) is 22.3 Å². The smallest absolute Gasteiger partial charge is 0.252 e. The minimum Gasteiger partial charge on any atom is -0.352 e. The number of carbonyl (C=O) groups is 1. The summed E-state index contributed by atoms with van der Waals surface area (Å²) in [5.74, 6) is 7.86. The van der Waals surface area contributed by atoms with E-state index in [4.69, 9.17) is 17.4 Å². The Hall–Kier alpha value is -1.33. The Morgan fingerprint density at radius 1 is 1.45 bits per heavy atom. The number of rotatable bonds is 4. The van der Waals surface area contributed by atoms with Gasteiger partial charge in [-0.05, 0) is 43.1 Å². The molecule has 2 aliphatic carbocycles. The van der Waals surface area contributed by atoms with E-state index in [0.717, 1.165) is 18.4 Å². The van der Waals surface area contributed by atoms with Gasteiger partial charge in [-0.25, -0.2) is 10.8 Å². The third-order valence-electron chi connectivity index (χ3n) is 4.65. The molecule has 0 radical (unpaired) electrons. The minimum atomic E-state index is -0.120. The summed E-state index contributed by atoms with van der Waals surface area (Å²) < 4.78 is 0. The molecule has 0 aliphatic heterocycles. The van der Waals surface area contributed by atoms with Crippen LogP contribution in [0, 0.1) is 17.8 Å². The molecule has 4 N–H and O–H groups in total. The van der Waals surface area contributed by atoms with E-state index in [1.165, 1.54) is 31.9 Å². The van der Waals surface area contributed by atoms with Crippen molar-refractivity contribution >= 4 is 23.3 Å². The van der Waals surface area contributed by atoms with Gasteiger partial charge >= 0.3 is 0 Å². The monoisotopic (exact) mass is 294 g/mol. The predicted octanol–water partition coefficient (Wildman–Crippen LogP) is 2.19. The number of hydrazine groups is 1. The fourth-order valence-corrected chi connectivity index (χ4v) is 3.84. The molecule has 5 nitrogen and oxygen atoms in total. The second-order valence-electron chi connectivity index (χ2n) is 5.84. The van der Waals surface area contributed by atoms with E-state index in [2.05, 4.69) is 15.7 Å². The summed E-state index contributed by atoms with van der Waals surface area (Å²) in [5.41, 5.74) is 2.85. The Morgan fingerprint density at radius 3 is 2.90 bits per heavy atom. The lowest BCUT2D eigenvalue weighted by Gasteiger charge is -2.21. The molecule has 2 saturated carbocycles. The van der Waals surface area contributed by atoms with Crippen molar-refractivity contribution in [3.05, 3.63) is 22.8 Å². The van der Waals surface area contributed by atoms with Gasteiger partial charge in [0.1, 0.15) is 0 Å². The number of halogens is 1. The number of nitrogens with one attached hydrogen (secondary N) is 2. The highest BCUT2D eigenvalue weighted by Gasteiger charge is 2.39. The van der Waals surface area contributed by atoms with E-state index < -0.39 is 0 Å². The zero-order chi connectivity index (χ0) is 14.1. The van der Waals surface area contributed by atoms with Gasteiger partial charge in [0.25, 0.3) is 5.91 Å². The third-order valence-corrected chi connectivity index (χ3v) is 4.94. The number of fused-ring (bicyclic) bond motifs is 2. The van der Waals surface area contributed by atoms with Crippen molar-refractivity contribution in [2.75, 3.05) is 12.0 Å². The SMILES string of the molecule is NNc1ncc(C(=O)NCC2CC3CCC2C3)cc1Cl. The number of hydrogen-bond donors (Lipinski definition) is 3. The summed E-state index contributed by atoms with van der Waals surface area (Å²) >= 11 is 5.97. The number of amides is 1. The Balaban J connectivity index is 1.58. The highest BCUT2D eigenvalue weighted by molar-refractivity contribution is 6.33. The molecule has 3 unspecified atom stereocenters. The molecule has 6 heteroatoms. The fraction of sp³-hybridized carbons (Fsp3) is 0.571. The molecule has 0 saturated heterocycles. The van der Waals surface area contributed by atoms with E-state index >= 15 is 0 Å².